The summed E-state index contributed by atoms with van der Waals surface area (Å²) >= 11 is 0. The summed E-state index contributed by atoms with van der Waals surface area (Å²) in [4.78, 5) is 10.1. The molecule has 2 aromatic carbocycles. The Morgan fingerprint density at radius 3 is 2.24 bits per heavy atom. The summed E-state index contributed by atoms with van der Waals surface area (Å²) in [5.41, 5.74) is 2.36. The molecule has 3 heteroatoms. The van der Waals surface area contributed by atoms with Gasteiger partial charge in [-0.1, -0.05) is 42.5 Å². The summed E-state index contributed by atoms with van der Waals surface area (Å²) in [6.45, 7) is 0. The van der Waals surface area contributed by atoms with E-state index in [1.54, 1.807) is 12.1 Å². The highest BCUT2D eigenvalue weighted by Gasteiger charge is 2.03. The van der Waals surface area contributed by atoms with E-state index < -0.39 is 0 Å². The number of non-ortho nitro benzene ring substituents is 1. The monoisotopic (exact) mass is 226 g/mol. The number of benzene rings is 2. The fraction of sp³-hybridized carbons (Fsp3) is 0.0714. The second-order valence-electron chi connectivity index (χ2n) is 3.74. The molecular formula is C14H12NO2. The molecule has 85 valence electrons. The highest BCUT2D eigenvalue weighted by Crippen LogP contribution is 2.14. The van der Waals surface area contributed by atoms with Crippen LogP contribution < -0.4 is 0 Å². The lowest BCUT2D eigenvalue weighted by Crippen LogP contribution is -1.91. The largest absolute Gasteiger partial charge is 0.269 e. The standard InChI is InChI=1S/C14H12NO2/c16-15(17)14-10-8-13(9-11-14)7-6-12-4-2-1-3-5-12/h1-6,8-11H,7H2. The van der Waals surface area contributed by atoms with Crippen molar-refractivity contribution in [1.82, 2.24) is 0 Å². The van der Waals surface area contributed by atoms with Gasteiger partial charge in [-0.2, -0.15) is 0 Å². The van der Waals surface area contributed by atoms with Crippen molar-refractivity contribution >= 4 is 5.69 Å². The van der Waals surface area contributed by atoms with Crippen molar-refractivity contribution in [3.63, 3.8) is 0 Å². The zero-order valence-electron chi connectivity index (χ0n) is 9.24. The molecule has 0 atom stereocenters. The number of hydrogen-bond acceptors (Lipinski definition) is 2. The van der Waals surface area contributed by atoms with Gasteiger partial charge in [-0.05, 0) is 24.0 Å². The van der Waals surface area contributed by atoms with E-state index in [1.165, 1.54) is 12.1 Å². The van der Waals surface area contributed by atoms with Crippen LogP contribution in [0.1, 0.15) is 11.1 Å². The fourth-order valence-corrected chi connectivity index (χ4v) is 1.58. The Kier molecular flexibility index (Phi) is 3.50. The molecule has 0 unspecified atom stereocenters. The van der Waals surface area contributed by atoms with E-state index in [0.717, 1.165) is 17.5 Å². The average Bonchev–Trinajstić information content (AvgIpc) is 2.38. The molecular weight excluding hydrogens is 214 g/mol. The number of rotatable bonds is 4. The molecule has 0 N–H and O–H groups in total. The predicted octanol–water partition coefficient (Wildman–Crippen LogP) is 3.39. The van der Waals surface area contributed by atoms with Gasteiger partial charge in [0.15, 0.2) is 0 Å². The molecule has 0 aliphatic rings. The smallest absolute Gasteiger partial charge is 0.258 e. The Labute approximate surface area is 99.9 Å². The highest BCUT2D eigenvalue weighted by atomic mass is 16.6. The van der Waals surface area contributed by atoms with E-state index in [2.05, 4.69) is 6.42 Å². The molecule has 0 aromatic heterocycles. The highest BCUT2D eigenvalue weighted by molar-refractivity contribution is 5.34. The van der Waals surface area contributed by atoms with Gasteiger partial charge in [0, 0.05) is 12.1 Å². The molecule has 0 aliphatic carbocycles. The molecule has 0 amide bonds. The zero-order valence-corrected chi connectivity index (χ0v) is 9.24. The summed E-state index contributed by atoms with van der Waals surface area (Å²) in [6, 6.07) is 16.7. The average molecular weight is 226 g/mol. The van der Waals surface area contributed by atoms with Crippen LogP contribution in [0.2, 0.25) is 0 Å². The SMILES string of the molecule is O=[N+]([O-])c1ccc(C[CH]c2ccccc2)cc1. The summed E-state index contributed by atoms with van der Waals surface area (Å²) in [7, 11) is 0. The van der Waals surface area contributed by atoms with E-state index >= 15 is 0 Å². The molecule has 0 bridgehead atoms. The van der Waals surface area contributed by atoms with Gasteiger partial charge in [-0.25, -0.2) is 0 Å². The van der Waals surface area contributed by atoms with Gasteiger partial charge in [-0.3, -0.25) is 10.1 Å². The van der Waals surface area contributed by atoms with Crippen LogP contribution in [0, 0.1) is 16.5 Å². The third-order valence-electron chi connectivity index (χ3n) is 2.52. The summed E-state index contributed by atoms with van der Waals surface area (Å²) in [6.07, 6.45) is 2.88. The molecule has 0 spiro atoms. The van der Waals surface area contributed by atoms with Gasteiger partial charge in [0.2, 0.25) is 0 Å². The van der Waals surface area contributed by atoms with Gasteiger partial charge in [0.25, 0.3) is 5.69 Å². The van der Waals surface area contributed by atoms with E-state index in [1.807, 2.05) is 30.3 Å². The summed E-state index contributed by atoms with van der Waals surface area (Å²) in [5, 5.41) is 10.5. The van der Waals surface area contributed by atoms with Crippen LogP contribution in [0.5, 0.6) is 0 Å². The van der Waals surface area contributed by atoms with Crippen molar-refractivity contribution in [2.24, 2.45) is 0 Å². The van der Waals surface area contributed by atoms with Crippen LogP contribution in [-0.2, 0) is 6.42 Å². The minimum Gasteiger partial charge on any atom is -0.258 e. The Hall–Kier alpha value is -2.16. The Morgan fingerprint density at radius 2 is 1.65 bits per heavy atom. The lowest BCUT2D eigenvalue weighted by Gasteiger charge is -2.01. The molecule has 3 nitrogen and oxygen atoms in total. The first-order valence-corrected chi connectivity index (χ1v) is 5.37. The first-order chi connectivity index (χ1) is 8.25. The van der Waals surface area contributed by atoms with Crippen LogP contribution in [0.4, 0.5) is 5.69 Å². The van der Waals surface area contributed by atoms with Crippen molar-refractivity contribution < 1.29 is 4.92 Å². The van der Waals surface area contributed by atoms with Crippen molar-refractivity contribution in [3.05, 3.63) is 82.3 Å². The lowest BCUT2D eigenvalue weighted by molar-refractivity contribution is -0.384. The normalized spacial score (nSPS) is 10.1. The van der Waals surface area contributed by atoms with Gasteiger partial charge in [-0.15, -0.1) is 0 Å². The minimum absolute atomic E-state index is 0.133. The first kappa shape index (κ1) is 11.3. The second kappa shape index (κ2) is 5.25. The Balaban J connectivity index is 1.98. The van der Waals surface area contributed by atoms with Crippen molar-refractivity contribution in [2.75, 3.05) is 0 Å². The lowest BCUT2D eigenvalue weighted by atomic mass is 10.0. The number of hydrogen-bond donors (Lipinski definition) is 0. The molecule has 2 aromatic rings. The maximum Gasteiger partial charge on any atom is 0.269 e. The molecule has 0 saturated heterocycles. The topological polar surface area (TPSA) is 43.1 Å². The Bertz CT molecular complexity index is 491. The number of nitro benzene ring substituents is 1. The maximum absolute atomic E-state index is 10.5. The van der Waals surface area contributed by atoms with E-state index in [4.69, 9.17) is 0 Å². The molecule has 2 rings (SSSR count). The fourth-order valence-electron chi connectivity index (χ4n) is 1.58. The van der Waals surface area contributed by atoms with Crippen LogP contribution in [0.25, 0.3) is 0 Å². The van der Waals surface area contributed by atoms with E-state index in [9.17, 15) is 10.1 Å². The maximum atomic E-state index is 10.5. The number of nitrogens with zero attached hydrogens (tertiary/aromatic N) is 1. The minimum atomic E-state index is -0.384. The quantitative estimate of drug-likeness (QED) is 0.592. The third-order valence-corrected chi connectivity index (χ3v) is 2.52. The summed E-state index contributed by atoms with van der Waals surface area (Å²) in [5.74, 6) is 0. The van der Waals surface area contributed by atoms with Crippen LogP contribution in [0.15, 0.2) is 54.6 Å². The molecule has 0 heterocycles. The van der Waals surface area contributed by atoms with Crippen LogP contribution in [-0.4, -0.2) is 4.92 Å². The van der Waals surface area contributed by atoms with Crippen molar-refractivity contribution in [1.29, 1.82) is 0 Å². The van der Waals surface area contributed by atoms with Gasteiger partial charge in [0.1, 0.15) is 0 Å². The van der Waals surface area contributed by atoms with Gasteiger partial charge < -0.3 is 0 Å². The summed E-state index contributed by atoms with van der Waals surface area (Å²) < 4.78 is 0. The first-order valence-electron chi connectivity index (χ1n) is 5.37. The van der Waals surface area contributed by atoms with Crippen molar-refractivity contribution in [2.45, 2.75) is 6.42 Å². The van der Waals surface area contributed by atoms with Crippen LogP contribution in [0.3, 0.4) is 0 Å². The molecule has 17 heavy (non-hydrogen) atoms. The molecule has 0 saturated carbocycles. The Morgan fingerprint density at radius 1 is 1.00 bits per heavy atom. The third kappa shape index (κ3) is 3.14. The number of nitro groups is 1. The van der Waals surface area contributed by atoms with Gasteiger partial charge >= 0.3 is 0 Å². The van der Waals surface area contributed by atoms with Crippen molar-refractivity contribution in [3.8, 4) is 0 Å². The zero-order chi connectivity index (χ0) is 12.1. The molecule has 0 aliphatic heterocycles. The molecule has 0 fully saturated rings. The predicted molar refractivity (Wildman–Crippen MR) is 66.6 cm³/mol. The van der Waals surface area contributed by atoms with Crippen LogP contribution >= 0.6 is 0 Å². The van der Waals surface area contributed by atoms with E-state index in [0.29, 0.717) is 0 Å². The molecule has 1 radical (unpaired) electrons. The second-order valence-corrected chi connectivity index (χ2v) is 3.74. The van der Waals surface area contributed by atoms with Gasteiger partial charge in [0.05, 0.1) is 4.92 Å². The van der Waals surface area contributed by atoms with E-state index in [-0.39, 0.29) is 10.6 Å².